The van der Waals surface area contributed by atoms with Gasteiger partial charge in [-0.25, -0.2) is 0 Å². The maximum Gasteiger partial charge on any atom is 0.132 e. The Morgan fingerprint density at radius 1 is 1.36 bits per heavy atom. The van der Waals surface area contributed by atoms with E-state index in [0.29, 0.717) is 12.1 Å². The van der Waals surface area contributed by atoms with Crippen LogP contribution < -0.4 is 0 Å². The highest BCUT2D eigenvalue weighted by atomic mass is 16.5. The molecule has 3 fully saturated rings. The normalized spacial score (nSPS) is 49.3. The molecule has 0 saturated carbocycles. The third-order valence-electron chi connectivity index (χ3n) is 4.26. The van der Waals surface area contributed by atoms with Gasteiger partial charge in [0.1, 0.15) is 5.72 Å². The van der Waals surface area contributed by atoms with Crippen molar-refractivity contribution in [1.29, 1.82) is 0 Å². The molecule has 0 radical (unpaired) electrons. The Morgan fingerprint density at radius 2 is 2.21 bits per heavy atom. The van der Waals surface area contributed by atoms with E-state index in [2.05, 4.69) is 23.8 Å². The number of ether oxygens (including phenoxy) is 1. The minimum absolute atomic E-state index is 0.00148. The fourth-order valence-electron chi connectivity index (χ4n) is 3.29. The third-order valence-corrected chi connectivity index (χ3v) is 4.26. The highest BCUT2D eigenvalue weighted by Crippen LogP contribution is 2.38. The molecule has 3 saturated heterocycles. The van der Waals surface area contributed by atoms with Gasteiger partial charge in [-0.3, -0.25) is 9.80 Å². The summed E-state index contributed by atoms with van der Waals surface area (Å²) >= 11 is 0. The van der Waals surface area contributed by atoms with Gasteiger partial charge in [0.15, 0.2) is 0 Å². The lowest BCUT2D eigenvalue weighted by molar-refractivity contribution is -0.166. The van der Waals surface area contributed by atoms with Crippen molar-refractivity contribution in [2.45, 2.75) is 44.1 Å². The van der Waals surface area contributed by atoms with E-state index in [-0.39, 0.29) is 5.72 Å². The van der Waals surface area contributed by atoms with Crippen LogP contribution in [0.1, 0.15) is 26.2 Å². The maximum absolute atomic E-state index is 6.15. The third kappa shape index (κ3) is 1.16. The van der Waals surface area contributed by atoms with E-state index in [1.54, 1.807) is 0 Å². The molecule has 3 rings (SSSR count). The lowest BCUT2D eigenvalue weighted by Gasteiger charge is -2.46. The van der Waals surface area contributed by atoms with E-state index in [1.165, 1.54) is 25.8 Å². The van der Waals surface area contributed by atoms with E-state index in [4.69, 9.17) is 4.74 Å². The highest BCUT2D eigenvalue weighted by molar-refractivity contribution is 5.00. The number of morpholine rings is 1. The van der Waals surface area contributed by atoms with E-state index in [9.17, 15) is 0 Å². The van der Waals surface area contributed by atoms with Crippen LogP contribution in [0.2, 0.25) is 0 Å². The Balaban J connectivity index is 1.86. The summed E-state index contributed by atoms with van der Waals surface area (Å²) < 4.78 is 6.15. The fourth-order valence-corrected chi connectivity index (χ4v) is 3.29. The van der Waals surface area contributed by atoms with Crippen LogP contribution in [0, 0.1) is 0 Å². The molecule has 0 aliphatic carbocycles. The smallest absolute Gasteiger partial charge is 0.132 e. The van der Waals surface area contributed by atoms with Crippen LogP contribution in [0.15, 0.2) is 0 Å². The SMILES string of the molecule is CN1C[C@@H]2OC1(C)CN1CCCC[C@@H]21. The standard InChI is InChI=1S/C11H20N2O/c1-11-8-13-6-4-3-5-9(13)10(14-11)7-12(11)2/h9-10H,3-8H2,1-2H3/t9-,10-,11?/m0/s1. The van der Waals surface area contributed by atoms with Gasteiger partial charge in [0.25, 0.3) is 0 Å². The number of rotatable bonds is 0. The number of hydrogen-bond acceptors (Lipinski definition) is 3. The van der Waals surface area contributed by atoms with Crippen LogP contribution in [-0.4, -0.2) is 54.4 Å². The predicted molar refractivity (Wildman–Crippen MR) is 55.1 cm³/mol. The first-order chi connectivity index (χ1) is 6.69. The Labute approximate surface area is 86.0 Å². The average molecular weight is 196 g/mol. The molecule has 3 nitrogen and oxygen atoms in total. The second kappa shape index (κ2) is 2.94. The summed E-state index contributed by atoms with van der Waals surface area (Å²) in [4.78, 5) is 5.04. The maximum atomic E-state index is 6.15. The van der Waals surface area contributed by atoms with E-state index in [0.717, 1.165) is 13.1 Å². The molecule has 0 aromatic carbocycles. The molecule has 3 heterocycles. The van der Waals surface area contributed by atoms with Gasteiger partial charge in [-0.2, -0.15) is 0 Å². The molecule has 0 aromatic rings. The Bertz CT molecular complexity index is 243. The summed E-state index contributed by atoms with van der Waals surface area (Å²) in [5.74, 6) is 0. The summed E-state index contributed by atoms with van der Waals surface area (Å²) in [6.07, 6.45) is 4.58. The lowest BCUT2D eigenvalue weighted by atomic mass is 9.96. The Hall–Kier alpha value is -0.120. The summed E-state index contributed by atoms with van der Waals surface area (Å²) in [6, 6.07) is 0.710. The summed E-state index contributed by atoms with van der Waals surface area (Å²) in [6.45, 7) is 5.74. The molecule has 3 aliphatic rings. The molecule has 3 atom stereocenters. The van der Waals surface area contributed by atoms with E-state index < -0.39 is 0 Å². The average Bonchev–Trinajstić information content (AvgIpc) is 2.39. The minimum Gasteiger partial charge on any atom is -0.353 e. The zero-order chi connectivity index (χ0) is 9.76. The summed E-state index contributed by atoms with van der Waals surface area (Å²) in [5, 5.41) is 0. The predicted octanol–water partition coefficient (Wildman–Crippen LogP) is 0.901. The van der Waals surface area contributed by atoms with Crippen molar-refractivity contribution in [1.82, 2.24) is 9.80 Å². The minimum atomic E-state index is -0.00148. The highest BCUT2D eigenvalue weighted by Gasteiger charge is 2.51. The molecule has 3 aliphatic heterocycles. The van der Waals surface area contributed by atoms with Crippen LogP contribution in [0.5, 0.6) is 0 Å². The van der Waals surface area contributed by atoms with Crippen LogP contribution in [0.4, 0.5) is 0 Å². The van der Waals surface area contributed by atoms with E-state index in [1.807, 2.05) is 0 Å². The number of piperidine rings is 1. The topological polar surface area (TPSA) is 15.7 Å². The molecule has 3 heteroatoms. The van der Waals surface area contributed by atoms with Crippen molar-refractivity contribution in [2.24, 2.45) is 0 Å². The van der Waals surface area contributed by atoms with Gasteiger partial charge in [-0.1, -0.05) is 6.42 Å². The van der Waals surface area contributed by atoms with Crippen molar-refractivity contribution in [3.63, 3.8) is 0 Å². The Morgan fingerprint density at radius 3 is 3.07 bits per heavy atom. The first kappa shape index (κ1) is 9.13. The monoisotopic (exact) mass is 196 g/mol. The van der Waals surface area contributed by atoms with Gasteiger partial charge in [0, 0.05) is 19.1 Å². The number of nitrogens with zero attached hydrogens (tertiary/aromatic N) is 2. The second-order valence-electron chi connectivity index (χ2n) is 5.25. The van der Waals surface area contributed by atoms with Crippen LogP contribution in [-0.2, 0) is 4.74 Å². The molecular formula is C11H20N2O. The Kier molecular flexibility index (Phi) is 1.92. The molecule has 0 N–H and O–H groups in total. The molecule has 0 amide bonds. The van der Waals surface area contributed by atoms with Crippen LogP contribution in [0.25, 0.3) is 0 Å². The molecular weight excluding hydrogens is 176 g/mol. The second-order valence-corrected chi connectivity index (χ2v) is 5.25. The molecule has 14 heavy (non-hydrogen) atoms. The molecule has 80 valence electrons. The summed E-state index contributed by atoms with van der Waals surface area (Å²) in [7, 11) is 2.19. The van der Waals surface area contributed by atoms with Gasteiger partial charge in [-0.15, -0.1) is 0 Å². The van der Waals surface area contributed by atoms with Crippen molar-refractivity contribution in [3.05, 3.63) is 0 Å². The quantitative estimate of drug-likeness (QED) is 0.572. The number of hydrogen-bond donors (Lipinski definition) is 0. The van der Waals surface area contributed by atoms with Gasteiger partial charge < -0.3 is 4.74 Å². The van der Waals surface area contributed by atoms with Gasteiger partial charge in [0.2, 0.25) is 0 Å². The van der Waals surface area contributed by atoms with E-state index >= 15 is 0 Å². The van der Waals surface area contributed by atoms with Crippen LogP contribution in [0.3, 0.4) is 0 Å². The van der Waals surface area contributed by atoms with Crippen LogP contribution >= 0.6 is 0 Å². The molecule has 0 spiro atoms. The molecule has 2 bridgehead atoms. The first-order valence-corrected chi connectivity index (χ1v) is 5.82. The van der Waals surface area contributed by atoms with Crippen molar-refractivity contribution >= 4 is 0 Å². The van der Waals surface area contributed by atoms with Gasteiger partial charge >= 0.3 is 0 Å². The molecule has 0 aromatic heterocycles. The van der Waals surface area contributed by atoms with Gasteiger partial charge in [-0.05, 0) is 33.4 Å². The number of likely N-dealkylation sites (N-methyl/N-ethyl adjacent to an activating group) is 1. The zero-order valence-electron chi connectivity index (χ0n) is 9.20. The fraction of sp³-hybridized carbons (Fsp3) is 1.00. The van der Waals surface area contributed by atoms with Gasteiger partial charge in [0.05, 0.1) is 6.10 Å². The lowest BCUT2D eigenvalue weighted by Crippen LogP contribution is -2.58. The number of fused-ring (bicyclic) bond motifs is 4. The van der Waals surface area contributed by atoms with Crippen molar-refractivity contribution in [3.8, 4) is 0 Å². The van der Waals surface area contributed by atoms with Crippen molar-refractivity contribution < 1.29 is 4.74 Å². The largest absolute Gasteiger partial charge is 0.353 e. The molecule has 1 unspecified atom stereocenters. The zero-order valence-corrected chi connectivity index (χ0v) is 9.20. The van der Waals surface area contributed by atoms with Crippen molar-refractivity contribution in [2.75, 3.05) is 26.7 Å². The first-order valence-electron chi connectivity index (χ1n) is 5.82. The summed E-state index contributed by atoms with van der Waals surface area (Å²) in [5.41, 5.74) is -0.00148.